The van der Waals surface area contributed by atoms with Crippen molar-refractivity contribution in [2.24, 2.45) is 5.92 Å². The van der Waals surface area contributed by atoms with E-state index in [9.17, 15) is 9.59 Å². The van der Waals surface area contributed by atoms with E-state index in [-0.39, 0.29) is 11.3 Å². The van der Waals surface area contributed by atoms with Crippen LogP contribution in [-0.4, -0.2) is 33.2 Å². The molecule has 148 valence electrons. The van der Waals surface area contributed by atoms with Gasteiger partial charge in [-0.3, -0.25) is 4.79 Å². The van der Waals surface area contributed by atoms with Crippen LogP contribution in [0.25, 0.3) is 6.08 Å². The van der Waals surface area contributed by atoms with Crippen molar-refractivity contribution in [1.82, 2.24) is 0 Å². The highest BCUT2D eigenvalue weighted by Gasteiger charge is 2.36. The van der Waals surface area contributed by atoms with Crippen molar-refractivity contribution >= 4 is 23.6 Å². The molecule has 2 atom stereocenters. The van der Waals surface area contributed by atoms with Gasteiger partial charge in [-0.05, 0) is 30.5 Å². The number of benzene rings is 1. The topological polar surface area (TPSA) is 87.0 Å². The molecule has 2 unspecified atom stereocenters. The van der Waals surface area contributed by atoms with Crippen molar-refractivity contribution < 1.29 is 28.2 Å². The molecule has 28 heavy (non-hydrogen) atoms. The van der Waals surface area contributed by atoms with Crippen molar-refractivity contribution in [2.75, 3.05) is 26.6 Å². The van der Waals surface area contributed by atoms with Gasteiger partial charge in [0.05, 0.1) is 32.6 Å². The van der Waals surface area contributed by atoms with Gasteiger partial charge in [0.2, 0.25) is 5.91 Å². The maximum absolute atomic E-state index is 12.3. The zero-order chi connectivity index (χ0) is 20.3. The zero-order valence-corrected chi connectivity index (χ0v) is 16.3. The second-order valence-electron chi connectivity index (χ2n) is 6.63. The molecule has 1 heterocycles. The Morgan fingerprint density at radius 2 is 1.82 bits per heavy atom. The monoisotopic (exact) mass is 385 g/mol. The molecule has 1 aliphatic rings. The Morgan fingerprint density at radius 1 is 1.14 bits per heavy atom. The Bertz CT molecular complexity index is 914. The standard InChI is InChI=1S/C21H23NO6/c1-12-9-14(12)17-7-5-13(28-17)6-8-20(23)22-16-11-19(26-3)18(25-2)10-15(16)21(24)27-4/h5-8,10-12,14H,9H2,1-4H3,(H,22,23)/b8-6+. The number of nitrogens with one attached hydrogen (secondary N) is 1. The minimum absolute atomic E-state index is 0.157. The predicted molar refractivity (Wildman–Crippen MR) is 104 cm³/mol. The number of hydrogen-bond acceptors (Lipinski definition) is 6. The van der Waals surface area contributed by atoms with Crippen LogP contribution in [0.15, 0.2) is 34.8 Å². The van der Waals surface area contributed by atoms with Crippen molar-refractivity contribution in [2.45, 2.75) is 19.3 Å². The fourth-order valence-electron chi connectivity index (χ4n) is 2.97. The first-order valence-corrected chi connectivity index (χ1v) is 8.90. The lowest BCUT2D eigenvalue weighted by molar-refractivity contribution is -0.111. The van der Waals surface area contributed by atoms with E-state index < -0.39 is 11.9 Å². The van der Waals surface area contributed by atoms with E-state index in [1.165, 1.54) is 39.5 Å². The van der Waals surface area contributed by atoms with Crippen LogP contribution >= 0.6 is 0 Å². The molecule has 1 aromatic heterocycles. The van der Waals surface area contributed by atoms with Gasteiger partial charge in [0, 0.05) is 24.1 Å². The smallest absolute Gasteiger partial charge is 0.340 e. The first-order chi connectivity index (χ1) is 13.5. The van der Waals surface area contributed by atoms with E-state index in [4.69, 9.17) is 18.6 Å². The number of rotatable bonds is 7. The van der Waals surface area contributed by atoms with E-state index in [1.54, 1.807) is 6.08 Å². The van der Waals surface area contributed by atoms with Crippen molar-refractivity contribution in [3.8, 4) is 11.5 Å². The molecule has 1 N–H and O–H groups in total. The van der Waals surface area contributed by atoms with Gasteiger partial charge in [0.1, 0.15) is 11.5 Å². The lowest BCUT2D eigenvalue weighted by Gasteiger charge is -2.13. The van der Waals surface area contributed by atoms with Crippen LogP contribution in [0.2, 0.25) is 0 Å². The zero-order valence-electron chi connectivity index (χ0n) is 16.3. The van der Waals surface area contributed by atoms with Gasteiger partial charge in [-0.25, -0.2) is 4.79 Å². The van der Waals surface area contributed by atoms with Gasteiger partial charge in [-0.1, -0.05) is 6.92 Å². The summed E-state index contributed by atoms with van der Waals surface area (Å²) < 4.78 is 21.0. The summed E-state index contributed by atoms with van der Waals surface area (Å²) in [6, 6.07) is 6.74. The minimum Gasteiger partial charge on any atom is -0.493 e. The summed E-state index contributed by atoms with van der Waals surface area (Å²) in [6.07, 6.45) is 4.06. The highest BCUT2D eigenvalue weighted by Crippen LogP contribution is 2.47. The first kappa shape index (κ1) is 19.5. The molecule has 1 aromatic carbocycles. The average molecular weight is 385 g/mol. The number of carbonyl (C=O) groups excluding carboxylic acids is 2. The molecule has 1 saturated carbocycles. The highest BCUT2D eigenvalue weighted by atomic mass is 16.5. The van der Waals surface area contributed by atoms with E-state index >= 15 is 0 Å². The summed E-state index contributed by atoms with van der Waals surface area (Å²) in [5, 5.41) is 2.67. The third-order valence-corrected chi connectivity index (χ3v) is 4.71. The quantitative estimate of drug-likeness (QED) is 0.575. The van der Waals surface area contributed by atoms with Crippen LogP contribution < -0.4 is 14.8 Å². The van der Waals surface area contributed by atoms with Crippen molar-refractivity contribution in [3.05, 3.63) is 47.4 Å². The highest BCUT2D eigenvalue weighted by molar-refractivity contribution is 6.06. The summed E-state index contributed by atoms with van der Waals surface area (Å²) in [6.45, 7) is 2.18. The van der Waals surface area contributed by atoms with Gasteiger partial charge < -0.3 is 23.9 Å². The average Bonchev–Trinajstić information content (AvgIpc) is 3.24. The van der Waals surface area contributed by atoms with Gasteiger partial charge in [0.15, 0.2) is 11.5 Å². The van der Waals surface area contributed by atoms with Crippen LogP contribution in [-0.2, 0) is 9.53 Å². The molecule has 0 spiro atoms. The Kier molecular flexibility index (Phi) is 5.73. The normalized spacial score (nSPS) is 18.0. The summed E-state index contributed by atoms with van der Waals surface area (Å²) in [4.78, 5) is 24.4. The molecule has 0 saturated heterocycles. The summed E-state index contributed by atoms with van der Waals surface area (Å²) >= 11 is 0. The number of hydrogen-bond donors (Lipinski definition) is 1. The number of amides is 1. The third kappa shape index (κ3) is 4.19. The molecule has 1 amide bonds. The molecule has 7 heteroatoms. The second-order valence-corrected chi connectivity index (χ2v) is 6.63. The third-order valence-electron chi connectivity index (χ3n) is 4.71. The molecule has 2 aromatic rings. The largest absolute Gasteiger partial charge is 0.493 e. The van der Waals surface area contributed by atoms with Crippen LogP contribution in [0.4, 0.5) is 5.69 Å². The molecule has 0 aliphatic heterocycles. The van der Waals surface area contributed by atoms with Gasteiger partial charge >= 0.3 is 5.97 Å². The molecule has 7 nitrogen and oxygen atoms in total. The lowest BCUT2D eigenvalue weighted by Crippen LogP contribution is -2.13. The Hall–Kier alpha value is -3.22. The van der Waals surface area contributed by atoms with Crippen molar-refractivity contribution in [1.29, 1.82) is 0 Å². The van der Waals surface area contributed by atoms with E-state index in [1.807, 2.05) is 12.1 Å². The van der Waals surface area contributed by atoms with E-state index in [0.29, 0.717) is 29.1 Å². The number of carbonyl (C=O) groups is 2. The Morgan fingerprint density at radius 3 is 2.43 bits per heavy atom. The van der Waals surface area contributed by atoms with Gasteiger partial charge in [-0.15, -0.1) is 0 Å². The number of methoxy groups -OCH3 is 3. The number of esters is 1. The van der Waals surface area contributed by atoms with E-state index in [2.05, 4.69) is 12.2 Å². The summed E-state index contributed by atoms with van der Waals surface area (Å²) in [5.74, 6) is 2.38. The maximum atomic E-state index is 12.3. The molecular formula is C21H23NO6. The fourth-order valence-corrected chi connectivity index (χ4v) is 2.97. The van der Waals surface area contributed by atoms with Crippen LogP contribution in [0.1, 0.15) is 41.1 Å². The molecule has 1 aliphatic carbocycles. The van der Waals surface area contributed by atoms with Crippen LogP contribution in [0, 0.1) is 5.92 Å². The molecule has 3 rings (SSSR count). The molecular weight excluding hydrogens is 362 g/mol. The second kappa shape index (κ2) is 8.21. The van der Waals surface area contributed by atoms with Gasteiger partial charge in [-0.2, -0.15) is 0 Å². The Labute approximate surface area is 163 Å². The van der Waals surface area contributed by atoms with Crippen LogP contribution in [0.3, 0.4) is 0 Å². The first-order valence-electron chi connectivity index (χ1n) is 8.90. The summed E-state index contributed by atoms with van der Waals surface area (Å²) in [5.41, 5.74) is 0.413. The SMILES string of the molecule is COC(=O)c1cc(OC)c(OC)cc1NC(=O)/C=C/c1ccc(C2CC2C)o1. The number of ether oxygens (including phenoxy) is 3. The number of furan rings is 1. The Balaban J connectivity index is 1.76. The van der Waals surface area contributed by atoms with Gasteiger partial charge in [0.25, 0.3) is 0 Å². The molecule has 1 fully saturated rings. The molecule has 0 radical (unpaired) electrons. The predicted octanol–water partition coefficient (Wildman–Crippen LogP) is 3.86. The number of anilines is 1. The maximum Gasteiger partial charge on any atom is 0.340 e. The summed E-state index contributed by atoms with van der Waals surface area (Å²) in [7, 11) is 4.19. The van der Waals surface area contributed by atoms with Crippen molar-refractivity contribution in [3.63, 3.8) is 0 Å². The minimum atomic E-state index is -0.602. The lowest BCUT2D eigenvalue weighted by atomic mass is 10.1. The van der Waals surface area contributed by atoms with Crippen LogP contribution in [0.5, 0.6) is 11.5 Å². The van der Waals surface area contributed by atoms with E-state index in [0.717, 1.165) is 12.2 Å². The molecule has 0 bridgehead atoms. The fraction of sp³-hybridized carbons (Fsp3) is 0.333.